The summed E-state index contributed by atoms with van der Waals surface area (Å²) in [6.45, 7) is 4.97. The standard InChI is InChI=1S/C15H20BrNO4/c1-15(2,3)21-14(19)12(13(18)20-9-17)8-10-4-6-11(16)7-5-10/h4-7,12H,8-9,17H2,1-3H3. The lowest BCUT2D eigenvalue weighted by Gasteiger charge is -2.23. The average Bonchev–Trinajstić information content (AvgIpc) is 2.36. The smallest absolute Gasteiger partial charge is 0.321 e. The minimum atomic E-state index is -1.02. The molecule has 0 fully saturated rings. The van der Waals surface area contributed by atoms with Crippen molar-refractivity contribution in [2.24, 2.45) is 11.7 Å². The molecule has 1 atom stereocenters. The van der Waals surface area contributed by atoms with E-state index in [1.54, 1.807) is 20.8 Å². The average molecular weight is 358 g/mol. The summed E-state index contributed by atoms with van der Waals surface area (Å²) >= 11 is 3.33. The van der Waals surface area contributed by atoms with E-state index in [9.17, 15) is 9.59 Å². The molecular formula is C15H20BrNO4. The van der Waals surface area contributed by atoms with Crippen LogP contribution in [-0.2, 0) is 25.5 Å². The van der Waals surface area contributed by atoms with Gasteiger partial charge in [0.25, 0.3) is 0 Å². The van der Waals surface area contributed by atoms with Gasteiger partial charge in [-0.25, -0.2) is 0 Å². The van der Waals surface area contributed by atoms with Crippen molar-refractivity contribution in [3.63, 3.8) is 0 Å². The van der Waals surface area contributed by atoms with Gasteiger partial charge in [-0.2, -0.15) is 0 Å². The third-order valence-corrected chi connectivity index (χ3v) is 3.08. The molecule has 1 rings (SSSR count). The second kappa shape index (κ2) is 7.56. The molecule has 5 nitrogen and oxygen atoms in total. The van der Waals surface area contributed by atoms with Crippen molar-refractivity contribution in [2.45, 2.75) is 32.8 Å². The van der Waals surface area contributed by atoms with Crippen molar-refractivity contribution >= 4 is 27.9 Å². The van der Waals surface area contributed by atoms with Crippen molar-refractivity contribution in [1.82, 2.24) is 0 Å². The van der Waals surface area contributed by atoms with Crippen LogP contribution in [0.5, 0.6) is 0 Å². The zero-order valence-corrected chi connectivity index (χ0v) is 14.0. The van der Waals surface area contributed by atoms with E-state index in [-0.39, 0.29) is 13.2 Å². The first-order chi connectivity index (χ1) is 9.73. The van der Waals surface area contributed by atoms with Gasteiger partial charge in [0.05, 0.1) is 0 Å². The van der Waals surface area contributed by atoms with Gasteiger partial charge >= 0.3 is 11.9 Å². The quantitative estimate of drug-likeness (QED) is 0.497. The predicted molar refractivity (Wildman–Crippen MR) is 82.3 cm³/mol. The van der Waals surface area contributed by atoms with Crippen LogP contribution in [0.2, 0.25) is 0 Å². The molecule has 1 aromatic carbocycles. The fourth-order valence-corrected chi connectivity index (χ4v) is 1.94. The summed E-state index contributed by atoms with van der Waals surface area (Å²) in [6, 6.07) is 7.35. The van der Waals surface area contributed by atoms with E-state index in [0.29, 0.717) is 0 Å². The summed E-state index contributed by atoms with van der Waals surface area (Å²) in [5.74, 6) is -2.30. The fraction of sp³-hybridized carbons (Fsp3) is 0.467. The van der Waals surface area contributed by atoms with E-state index in [1.165, 1.54) is 0 Å². The van der Waals surface area contributed by atoms with Gasteiger partial charge in [-0.05, 0) is 44.9 Å². The molecule has 1 unspecified atom stereocenters. The van der Waals surface area contributed by atoms with Gasteiger partial charge in [0.15, 0.2) is 5.92 Å². The normalized spacial score (nSPS) is 12.6. The van der Waals surface area contributed by atoms with Crippen LogP contribution in [0.15, 0.2) is 28.7 Å². The van der Waals surface area contributed by atoms with Crippen molar-refractivity contribution in [2.75, 3.05) is 6.73 Å². The Morgan fingerprint density at radius 1 is 1.19 bits per heavy atom. The molecule has 116 valence electrons. The van der Waals surface area contributed by atoms with Crippen LogP contribution < -0.4 is 5.73 Å². The maximum absolute atomic E-state index is 12.2. The number of carbonyl (C=O) groups excluding carboxylic acids is 2. The number of ether oxygens (including phenoxy) is 2. The molecule has 0 aliphatic rings. The monoisotopic (exact) mass is 357 g/mol. The number of benzene rings is 1. The molecular weight excluding hydrogens is 338 g/mol. The topological polar surface area (TPSA) is 78.6 Å². The number of esters is 2. The maximum Gasteiger partial charge on any atom is 0.321 e. The highest BCUT2D eigenvalue weighted by Crippen LogP contribution is 2.18. The molecule has 0 amide bonds. The number of carbonyl (C=O) groups is 2. The number of hydrogen-bond donors (Lipinski definition) is 1. The van der Waals surface area contributed by atoms with Crippen molar-refractivity contribution in [1.29, 1.82) is 0 Å². The molecule has 0 aliphatic heterocycles. The molecule has 0 bridgehead atoms. The molecule has 0 radical (unpaired) electrons. The number of nitrogens with two attached hydrogens (primary N) is 1. The van der Waals surface area contributed by atoms with Gasteiger partial charge in [-0.3, -0.25) is 15.3 Å². The minimum absolute atomic E-state index is 0.209. The van der Waals surface area contributed by atoms with E-state index in [1.807, 2.05) is 24.3 Å². The highest BCUT2D eigenvalue weighted by atomic mass is 79.9. The van der Waals surface area contributed by atoms with Crippen molar-refractivity contribution < 1.29 is 19.1 Å². The number of hydrogen-bond acceptors (Lipinski definition) is 5. The lowest BCUT2D eigenvalue weighted by Crippen LogP contribution is -2.35. The van der Waals surface area contributed by atoms with Gasteiger partial charge < -0.3 is 9.47 Å². The second-order valence-electron chi connectivity index (χ2n) is 5.55. The van der Waals surface area contributed by atoms with Crippen LogP contribution in [0.3, 0.4) is 0 Å². The molecule has 0 saturated carbocycles. The lowest BCUT2D eigenvalue weighted by molar-refractivity contribution is -0.169. The molecule has 0 aliphatic carbocycles. The van der Waals surface area contributed by atoms with Gasteiger partial charge in [0.1, 0.15) is 12.3 Å². The molecule has 2 N–H and O–H groups in total. The van der Waals surface area contributed by atoms with E-state index in [4.69, 9.17) is 15.2 Å². The third-order valence-electron chi connectivity index (χ3n) is 2.55. The molecule has 0 heterocycles. The Labute approximate surface area is 132 Å². The Bertz CT molecular complexity index is 493. The van der Waals surface area contributed by atoms with Gasteiger partial charge in [-0.1, -0.05) is 28.1 Å². The zero-order chi connectivity index (χ0) is 16.0. The second-order valence-corrected chi connectivity index (χ2v) is 6.46. The summed E-state index contributed by atoms with van der Waals surface area (Å²) < 4.78 is 11.0. The molecule has 21 heavy (non-hydrogen) atoms. The fourth-order valence-electron chi connectivity index (χ4n) is 1.67. The Kier molecular flexibility index (Phi) is 6.36. The van der Waals surface area contributed by atoms with Gasteiger partial charge in [-0.15, -0.1) is 0 Å². The van der Waals surface area contributed by atoms with E-state index in [2.05, 4.69) is 15.9 Å². The first kappa shape index (κ1) is 17.7. The SMILES string of the molecule is CC(C)(C)OC(=O)C(Cc1ccc(Br)cc1)C(=O)OCN. The lowest BCUT2D eigenvalue weighted by atomic mass is 9.99. The zero-order valence-electron chi connectivity index (χ0n) is 12.4. The summed E-state index contributed by atoms with van der Waals surface area (Å²) in [4.78, 5) is 24.1. The highest BCUT2D eigenvalue weighted by Gasteiger charge is 2.32. The first-order valence-corrected chi connectivity index (χ1v) is 7.36. The molecule has 0 aromatic heterocycles. The largest absolute Gasteiger partial charge is 0.459 e. The van der Waals surface area contributed by atoms with Crippen LogP contribution in [0.4, 0.5) is 0 Å². The van der Waals surface area contributed by atoms with E-state index < -0.39 is 23.5 Å². The Hall–Kier alpha value is -1.40. The van der Waals surface area contributed by atoms with Crippen LogP contribution in [0.1, 0.15) is 26.3 Å². The first-order valence-electron chi connectivity index (χ1n) is 6.57. The Balaban J connectivity index is 2.89. The summed E-state index contributed by atoms with van der Waals surface area (Å²) in [5, 5.41) is 0. The predicted octanol–water partition coefficient (Wildman–Crippen LogP) is 2.41. The molecule has 0 saturated heterocycles. The Morgan fingerprint density at radius 2 is 1.76 bits per heavy atom. The van der Waals surface area contributed by atoms with Crippen molar-refractivity contribution in [3.05, 3.63) is 34.3 Å². The molecule has 1 aromatic rings. The number of halogens is 1. The van der Waals surface area contributed by atoms with Gasteiger partial charge in [0.2, 0.25) is 0 Å². The van der Waals surface area contributed by atoms with Crippen LogP contribution in [0, 0.1) is 5.92 Å². The maximum atomic E-state index is 12.2. The minimum Gasteiger partial charge on any atom is -0.459 e. The molecule has 0 spiro atoms. The summed E-state index contributed by atoms with van der Waals surface area (Å²) in [7, 11) is 0. The van der Waals surface area contributed by atoms with Crippen LogP contribution in [0.25, 0.3) is 0 Å². The van der Waals surface area contributed by atoms with E-state index >= 15 is 0 Å². The van der Waals surface area contributed by atoms with Crippen LogP contribution in [-0.4, -0.2) is 24.3 Å². The van der Waals surface area contributed by atoms with E-state index in [0.717, 1.165) is 10.0 Å². The number of rotatable bonds is 5. The highest BCUT2D eigenvalue weighted by molar-refractivity contribution is 9.10. The summed E-state index contributed by atoms with van der Waals surface area (Å²) in [6.07, 6.45) is 0.209. The van der Waals surface area contributed by atoms with Crippen LogP contribution >= 0.6 is 15.9 Å². The van der Waals surface area contributed by atoms with Crippen molar-refractivity contribution in [3.8, 4) is 0 Å². The third kappa shape index (κ3) is 6.27. The molecule has 6 heteroatoms. The Morgan fingerprint density at radius 3 is 2.24 bits per heavy atom. The van der Waals surface area contributed by atoms with Gasteiger partial charge in [0, 0.05) is 4.47 Å². The summed E-state index contributed by atoms with van der Waals surface area (Å²) in [5.41, 5.74) is 5.37.